The minimum Gasteiger partial charge on any atom is -0.508 e. The number of carbonyl (C=O) groups is 1. The Morgan fingerprint density at radius 2 is 1.70 bits per heavy atom. The van der Waals surface area contributed by atoms with Crippen LogP contribution in [0.4, 0.5) is 5.69 Å². The predicted octanol–water partition coefficient (Wildman–Crippen LogP) is -0.196. The fourth-order valence-corrected chi connectivity index (χ4v) is 3.77. The van der Waals surface area contributed by atoms with Gasteiger partial charge in [-0.15, -0.1) is 0 Å². The van der Waals surface area contributed by atoms with E-state index in [1.807, 2.05) is 12.1 Å². The highest BCUT2D eigenvalue weighted by atomic mass is 32.2. The topological polar surface area (TPSA) is 104 Å². The monoisotopic (exact) mass is 341 g/mol. The molecule has 1 aromatic rings. The summed E-state index contributed by atoms with van der Waals surface area (Å²) in [5.74, 6) is -0.459. The maximum atomic E-state index is 11.8. The van der Waals surface area contributed by atoms with Crippen molar-refractivity contribution < 1.29 is 18.3 Å². The Bertz CT molecular complexity index is 623. The van der Waals surface area contributed by atoms with E-state index in [4.69, 9.17) is 5.73 Å². The summed E-state index contributed by atoms with van der Waals surface area (Å²) >= 11 is 0. The lowest BCUT2D eigenvalue weighted by atomic mass is 10.2. The van der Waals surface area contributed by atoms with Gasteiger partial charge in [0.15, 0.2) is 9.84 Å². The van der Waals surface area contributed by atoms with E-state index in [1.165, 1.54) is 0 Å². The molecule has 3 N–H and O–H groups in total. The van der Waals surface area contributed by atoms with Crippen LogP contribution in [0.15, 0.2) is 24.3 Å². The summed E-state index contributed by atoms with van der Waals surface area (Å²) in [6, 6.07) is 7.07. The SMILES string of the molecule is NC(=O)CCS(=O)(=O)CCN1CCN(c2ccc(O)cc2)CC1. The van der Waals surface area contributed by atoms with Crippen LogP contribution in [0.25, 0.3) is 0 Å². The van der Waals surface area contributed by atoms with Crippen LogP contribution in [0.1, 0.15) is 6.42 Å². The number of hydrogen-bond donors (Lipinski definition) is 2. The van der Waals surface area contributed by atoms with E-state index in [0.29, 0.717) is 6.54 Å². The molecule has 0 bridgehead atoms. The summed E-state index contributed by atoms with van der Waals surface area (Å²) < 4.78 is 23.7. The fourth-order valence-electron chi connectivity index (χ4n) is 2.52. The van der Waals surface area contributed by atoms with Crippen molar-refractivity contribution in [2.24, 2.45) is 5.73 Å². The van der Waals surface area contributed by atoms with Crippen molar-refractivity contribution in [3.8, 4) is 5.75 Å². The molecule has 0 saturated carbocycles. The number of nitrogens with two attached hydrogens (primary N) is 1. The Labute approximate surface area is 136 Å². The standard InChI is InChI=1S/C15H23N3O4S/c16-15(20)5-11-23(21,22)12-10-17-6-8-18(9-7-17)13-1-3-14(19)4-2-13/h1-4,19H,5-12H2,(H2,16,20). The number of rotatable bonds is 7. The summed E-state index contributed by atoms with van der Waals surface area (Å²) in [5.41, 5.74) is 6.04. The molecule has 128 valence electrons. The number of sulfone groups is 1. The molecule has 0 aromatic heterocycles. The molecule has 2 rings (SSSR count). The van der Waals surface area contributed by atoms with Crippen LogP contribution in [0.3, 0.4) is 0 Å². The zero-order chi connectivity index (χ0) is 16.9. The Hall–Kier alpha value is -1.80. The first-order valence-corrected chi connectivity index (χ1v) is 9.43. The number of piperazine rings is 1. The van der Waals surface area contributed by atoms with Gasteiger partial charge >= 0.3 is 0 Å². The second kappa shape index (κ2) is 7.65. The molecule has 1 aliphatic heterocycles. The second-order valence-corrected chi connectivity index (χ2v) is 8.02. The van der Waals surface area contributed by atoms with Crippen LogP contribution in [0, 0.1) is 0 Å². The largest absolute Gasteiger partial charge is 0.508 e. The van der Waals surface area contributed by atoms with Crippen LogP contribution < -0.4 is 10.6 Å². The molecule has 7 nitrogen and oxygen atoms in total. The maximum absolute atomic E-state index is 11.8. The molecule has 0 atom stereocenters. The number of anilines is 1. The minimum atomic E-state index is -3.23. The third-order valence-corrected chi connectivity index (χ3v) is 5.60. The van der Waals surface area contributed by atoms with Crippen molar-refractivity contribution in [1.82, 2.24) is 4.90 Å². The lowest BCUT2D eigenvalue weighted by Gasteiger charge is -2.36. The molecule has 8 heteroatoms. The number of amides is 1. The zero-order valence-electron chi connectivity index (χ0n) is 13.0. The van der Waals surface area contributed by atoms with E-state index >= 15 is 0 Å². The van der Waals surface area contributed by atoms with Gasteiger partial charge < -0.3 is 15.7 Å². The van der Waals surface area contributed by atoms with Gasteiger partial charge in [-0.1, -0.05) is 0 Å². The summed E-state index contributed by atoms with van der Waals surface area (Å²) in [6.07, 6.45) is -0.114. The number of nitrogens with zero attached hydrogens (tertiary/aromatic N) is 2. The van der Waals surface area contributed by atoms with Crippen molar-refractivity contribution in [3.05, 3.63) is 24.3 Å². The van der Waals surface area contributed by atoms with Crippen LogP contribution in [0.5, 0.6) is 5.75 Å². The Kier molecular flexibility index (Phi) is 5.84. The molecule has 1 heterocycles. The van der Waals surface area contributed by atoms with E-state index in [2.05, 4.69) is 9.80 Å². The van der Waals surface area contributed by atoms with E-state index in [1.54, 1.807) is 12.1 Å². The van der Waals surface area contributed by atoms with Gasteiger partial charge in [0.1, 0.15) is 5.75 Å². The van der Waals surface area contributed by atoms with Crippen molar-refractivity contribution in [3.63, 3.8) is 0 Å². The molecule has 0 radical (unpaired) electrons. The van der Waals surface area contributed by atoms with E-state index in [0.717, 1.165) is 31.9 Å². The first-order valence-electron chi connectivity index (χ1n) is 7.61. The third-order valence-electron chi connectivity index (χ3n) is 3.97. The number of hydrogen-bond acceptors (Lipinski definition) is 6. The Morgan fingerprint density at radius 1 is 1.09 bits per heavy atom. The molecule has 1 aliphatic rings. The smallest absolute Gasteiger partial charge is 0.218 e. The van der Waals surface area contributed by atoms with Gasteiger partial charge in [0.2, 0.25) is 5.91 Å². The van der Waals surface area contributed by atoms with Crippen molar-refractivity contribution >= 4 is 21.4 Å². The number of aromatic hydroxyl groups is 1. The summed E-state index contributed by atoms with van der Waals surface area (Å²) in [7, 11) is -3.23. The lowest BCUT2D eigenvalue weighted by Crippen LogP contribution is -2.47. The number of benzene rings is 1. The molecule has 1 aromatic carbocycles. The first-order chi connectivity index (χ1) is 10.9. The predicted molar refractivity (Wildman–Crippen MR) is 89.2 cm³/mol. The summed E-state index contributed by atoms with van der Waals surface area (Å²) in [6.45, 7) is 3.67. The Balaban J connectivity index is 1.76. The van der Waals surface area contributed by atoms with Gasteiger partial charge in [-0.3, -0.25) is 9.69 Å². The van der Waals surface area contributed by atoms with Gasteiger partial charge in [0.25, 0.3) is 0 Å². The molecule has 1 fully saturated rings. The molecule has 0 unspecified atom stereocenters. The number of carbonyl (C=O) groups excluding carboxylic acids is 1. The highest BCUT2D eigenvalue weighted by Crippen LogP contribution is 2.19. The second-order valence-electron chi connectivity index (χ2n) is 5.71. The molecular formula is C15H23N3O4S. The number of primary amides is 1. The maximum Gasteiger partial charge on any atom is 0.218 e. The normalized spacial score (nSPS) is 16.4. The lowest BCUT2D eigenvalue weighted by molar-refractivity contribution is -0.117. The van der Waals surface area contributed by atoms with Crippen LogP contribution in [0.2, 0.25) is 0 Å². The highest BCUT2D eigenvalue weighted by molar-refractivity contribution is 7.91. The first kappa shape index (κ1) is 17.6. The van der Waals surface area contributed by atoms with Crippen LogP contribution >= 0.6 is 0 Å². The third kappa shape index (κ3) is 5.72. The fraction of sp³-hybridized carbons (Fsp3) is 0.533. The number of phenols is 1. The molecule has 0 aliphatic carbocycles. The van der Waals surface area contributed by atoms with Gasteiger partial charge in [0.05, 0.1) is 11.5 Å². The van der Waals surface area contributed by atoms with Crippen LogP contribution in [-0.4, -0.2) is 68.6 Å². The highest BCUT2D eigenvalue weighted by Gasteiger charge is 2.20. The van der Waals surface area contributed by atoms with Gasteiger partial charge in [-0.25, -0.2) is 8.42 Å². The average molecular weight is 341 g/mol. The van der Waals surface area contributed by atoms with Gasteiger partial charge in [0, 0.05) is 44.8 Å². The van der Waals surface area contributed by atoms with Gasteiger partial charge in [-0.05, 0) is 24.3 Å². The van der Waals surface area contributed by atoms with Crippen LogP contribution in [-0.2, 0) is 14.6 Å². The van der Waals surface area contributed by atoms with E-state index in [-0.39, 0.29) is 23.7 Å². The average Bonchev–Trinajstić information content (AvgIpc) is 2.53. The van der Waals surface area contributed by atoms with Crippen molar-refractivity contribution in [1.29, 1.82) is 0 Å². The molecule has 1 saturated heterocycles. The van der Waals surface area contributed by atoms with E-state index < -0.39 is 15.7 Å². The molecule has 1 amide bonds. The molecular weight excluding hydrogens is 318 g/mol. The molecule has 23 heavy (non-hydrogen) atoms. The Morgan fingerprint density at radius 3 is 2.26 bits per heavy atom. The van der Waals surface area contributed by atoms with Gasteiger partial charge in [-0.2, -0.15) is 0 Å². The minimum absolute atomic E-state index is 0.0550. The number of phenolic OH excluding ortho intramolecular Hbond substituents is 1. The summed E-state index contributed by atoms with van der Waals surface area (Å²) in [4.78, 5) is 15.0. The zero-order valence-corrected chi connectivity index (χ0v) is 13.8. The van der Waals surface area contributed by atoms with E-state index in [9.17, 15) is 18.3 Å². The quantitative estimate of drug-likeness (QED) is 0.712. The van der Waals surface area contributed by atoms with Crippen molar-refractivity contribution in [2.45, 2.75) is 6.42 Å². The summed E-state index contributed by atoms with van der Waals surface area (Å²) in [5, 5.41) is 9.31. The molecule has 0 spiro atoms. The van der Waals surface area contributed by atoms with Crippen molar-refractivity contribution in [2.75, 3.05) is 49.1 Å².